The summed E-state index contributed by atoms with van der Waals surface area (Å²) in [6.45, 7) is 8.85. The number of rotatable bonds is 8. The van der Waals surface area contributed by atoms with Crippen LogP contribution in [0.2, 0.25) is 0 Å². The molecule has 0 amide bonds. The number of nitrogens with one attached hydrogen (secondary N) is 2. The first kappa shape index (κ1) is 17.9. The second-order valence-electron chi connectivity index (χ2n) is 6.29. The van der Waals surface area contributed by atoms with E-state index in [4.69, 9.17) is 9.47 Å². The molecule has 136 valence electrons. The van der Waals surface area contributed by atoms with Gasteiger partial charge in [-0.3, -0.25) is 9.69 Å². The number of morpholine rings is 1. The van der Waals surface area contributed by atoms with Crippen molar-refractivity contribution in [3.05, 3.63) is 40.2 Å². The monoisotopic (exact) mass is 345 g/mol. The number of ether oxygens (including phenoxy) is 2. The summed E-state index contributed by atoms with van der Waals surface area (Å²) < 4.78 is 10.9. The minimum absolute atomic E-state index is 0.0302. The molecule has 1 aliphatic heterocycles. The van der Waals surface area contributed by atoms with Crippen molar-refractivity contribution in [1.29, 1.82) is 0 Å². The van der Waals surface area contributed by atoms with Gasteiger partial charge in [0.25, 0.3) is 5.56 Å². The fourth-order valence-electron chi connectivity index (χ4n) is 3.09. The van der Waals surface area contributed by atoms with Crippen LogP contribution in [0.4, 0.5) is 0 Å². The Balaban J connectivity index is 1.53. The molecular weight excluding hydrogens is 318 g/mol. The third kappa shape index (κ3) is 5.04. The van der Waals surface area contributed by atoms with Crippen molar-refractivity contribution in [2.75, 3.05) is 46.0 Å². The van der Waals surface area contributed by atoms with Crippen LogP contribution in [0, 0.1) is 0 Å². The van der Waals surface area contributed by atoms with Gasteiger partial charge >= 0.3 is 0 Å². The summed E-state index contributed by atoms with van der Waals surface area (Å²) in [5, 5.41) is 4.37. The maximum Gasteiger partial charge on any atom is 0.252 e. The van der Waals surface area contributed by atoms with Crippen LogP contribution in [0.1, 0.15) is 18.9 Å². The Morgan fingerprint density at radius 2 is 2.12 bits per heavy atom. The van der Waals surface area contributed by atoms with Crippen LogP contribution in [0.3, 0.4) is 0 Å². The summed E-state index contributed by atoms with van der Waals surface area (Å²) in [5.74, 6) is 0.825. The Hall–Kier alpha value is -1.89. The van der Waals surface area contributed by atoms with Gasteiger partial charge in [-0.1, -0.05) is 0 Å². The molecule has 2 aromatic rings. The van der Waals surface area contributed by atoms with Crippen molar-refractivity contribution in [1.82, 2.24) is 15.2 Å². The lowest BCUT2D eigenvalue weighted by Crippen LogP contribution is -2.37. The van der Waals surface area contributed by atoms with Crippen LogP contribution in [0.5, 0.6) is 5.75 Å². The van der Waals surface area contributed by atoms with Gasteiger partial charge in [-0.05, 0) is 50.7 Å². The fourth-order valence-corrected chi connectivity index (χ4v) is 3.09. The average Bonchev–Trinajstić information content (AvgIpc) is 2.63. The minimum Gasteiger partial charge on any atom is -0.494 e. The molecule has 1 aromatic heterocycles. The zero-order valence-electron chi connectivity index (χ0n) is 14.8. The molecule has 6 nitrogen and oxygen atoms in total. The number of hydrogen-bond donors (Lipinski definition) is 2. The third-order valence-electron chi connectivity index (χ3n) is 4.45. The van der Waals surface area contributed by atoms with E-state index in [9.17, 15) is 4.79 Å². The predicted molar refractivity (Wildman–Crippen MR) is 99.3 cm³/mol. The summed E-state index contributed by atoms with van der Waals surface area (Å²) in [7, 11) is 0. The summed E-state index contributed by atoms with van der Waals surface area (Å²) in [4.78, 5) is 17.6. The molecule has 1 fully saturated rings. The van der Waals surface area contributed by atoms with E-state index in [1.165, 1.54) is 0 Å². The number of pyridine rings is 1. The van der Waals surface area contributed by atoms with Crippen LogP contribution in [0.15, 0.2) is 29.1 Å². The largest absolute Gasteiger partial charge is 0.494 e. The van der Waals surface area contributed by atoms with Crippen LogP contribution in [0.25, 0.3) is 10.9 Å². The van der Waals surface area contributed by atoms with E-state index in [2.05, 4.69) is 15.2 Å². The molecule has 6 heteroatoms. The van der Waals surface area contributed by atoms with Crippen molar-refractivity contribution in [2.24, 2.45) is 0 Å². The van der Waals surface area contributed by atoms with Gasteiger partial charge in [0.2, 0.25) is 0 Å². The van der Waals surface area contributed by atoms with Gasteiger partial charge < -0.3 is 19.8 Å². The summed E-state index contributed by atoms with van der Waals surface area (Å²) in [6, 6.07) is 7.69. The normalized spacial score (nSPS) is 15.6. The molecule has 3 rings (SSSR count). The van der Waals surface area contributed by atoms with Crippen molar-refractivity contribution in [3.63, 3.8) is 0 Å². The lowest BCUT2D eigenvalue weighted by molar-refractivity contribution is 0.0374. The first-order valence-corrected chi connectivity index (χ1v) is 9.06. The molecule has 0 unspecified atom stereocenters. The molecule has 0 bridgehead atoms. The lowest BCUT2D eigenvalue weighted by Gasteiger charge is -2.26. The van der Waals surface area contributed by atoms with Crippen molar-refractivity contribution >= 4 is 10.9 Å². The highest BCUT2D eigenvalue weighted by Crippen LogP contribution is 2.19. The van der Waals surface area contributed by atoms with Gasteiger partial charge in [-0.15, -0.1) is 0 Å². The zero-order valence-corrected chi connectivity index (χ0v) is 14.8. The lowest BCUT2D eigenvalue weighted by atomic mass is 10.1. The molecule has 0 saturated carbocycles. The summed E-state index contributed by atoms with van der Waals surface area (Å²) >= 11 is 0. The van der Waals surface area contributed by atoms with E-state index in [0.717, 1.165) is 68.0 Å². The maximum atomic E-state index is 12.2. The zero-order chi connectivity index (χ0) is 17.5. The van der Waals surface area contributed by atoms with Gasteiger partial charge in [-0.2, -0.15) is 0 Å². The molecule has 2 heterocycles. The quantitative estimate of drug-likeness (QED) is 0.714. The number of aromatic nitrogens is 1. The van der Waals surface area contributed by atoms with Crippen LogP contribution in [-0.4, -0.2) is 55.9 Å². The van der Waals surface area contributed by atoms with E-state index < -0.39 is 0 Å². The van der Waals surface area contributed by atoms with Crippen molar-refractivity contribution < 1.29 is 9.47 Å². The highest BCUT2D eigenvalue weighted by Gasteiger charge is 2.09. The molecule has 0 radical (unpaired) electrons. The van der Waals surface area contributed by atoms with Gasteiger partial charge in [0.05, 0.1) is 19.8 Å². The minimum atomic E-state index is -0.0302. The van der Waals surface area contributed by atoms with Crippen LogP contribution in [-0.2, 0) is 11.3 Å². The molecule has 1 saturated heterocycles. The predicted octanol–water partition coefficient (Wildman–Crippen LogP) is 1.74. The smallest absolute Gasteiger partial charge is 0.252 e. The summed E-state index contributed by atoms with van der Waals surface area (Å²) in [5.41, 5.74) is 1.56. The van der Waals surface area contributed by atoms with E-state index in [-0.39, 0.29) is 5.56 Å². The first-order valence-electron chi connectivity index (χ1n) is 9.06. The van der Waals surface area contributed by atoms with E-state index >= 15 is 0 Å². The number of benzene rings is 1. The topological polar surface area (TPSA) is 66.6 Å². The van der Waals surface area contributed by atoms with Crippen LogP contribution >= 0.6 is 0 Å². The molecule has 1 aromatic carbocycles. The second kappa shape index (κ2) is 8.99. The molecule has 25 heavy (non-hydrogen) atoms. The number of H-pyrrole nitrogens is 1. The van der Waals surface area contributed by atoms with E-state index in [0.29, 0.717) is 13.2 Å². The molecule has 0 aliphatic carbocycles. The first-order chi connectivity index (χ1) is 12.3. The van der Waals surface area contributed by atoms with E-state index in [1.54, 1.807) is 0 Å². The Bertz CT molecular complexity index is 738. The van der Waals surface area contributed by atoms with Crippen molar-refractivity contribution in [2.45, 2.75) is 19.9 Å². The highest BCUT2D eigenvalue weighted by atomic mass is 16.5. The SMILES string of the molecule is CCOc1ccc2[nH]c(=O)c(CNCCCN3CCOCC3)cc2c1. The highest BCUT2D eigenvalue weighted by molar-refractivity contribution is 5.80. The summed E-state index contributed by atoms with van der Waals surface area (Å²) in [6.07, 6.45) is 1.07. The Morgan fingerprint density at radius 3 is 2.92 bits per heavy atom. The van der Waals surface area contributed by atoms with Gasteiger partial charge in [0.15, 0.2) is 0 Å². The molecule has 2 N–H and O–H groups in total. The standard InChI is InChI=1S/C19H27N3O3/c1-2-25-17-4-5-18-15(13-17)12-16(19(23)21-18)14-20-6-3-7-22-8-10-24-11-9-22/h4-5,12-13,20H,2-3,6-11,14H2,1H3,(H,21,23). The Labute approximate surface area is 148 Å². The molecule has 1 aliphatic rings. The van der Waals surface area contributed by atoms with E-state index in [1.807, 2.05) is 31.2 Å². The number of fused-ring (bicyclic) bond motifs is 1. The van der Waals surface area contributed by atoms with Gasteiger partial charge in [-0.25, -0.2) is 0 Å². The van der Waals surface area contributed by atoms with Gasteiger partial charge in [0, 0.05) is 36.1 Å². The maximum absolute atomic E-state index is 12.2. The average molecular weight is 345 g/mol. The number of nitrogens with zero attached hydrogens (tertiary/aromatic N) is 1. The molecule has 0 atom stereocenters. The Morgan fingerprint density at radius 1 is 1.28 bits per heavy atom. The van der Waals surface area contributed by atoms with Gasteiger partial charge in [0.1, 0.15) is 5.75 Å². The third-order valence-corrected chi connectivity index (χ3v) is 4.45. The molecular formula is C19H27N3O3. The fraction of sp³-hybridized carbons (Fsp3) is 0.526. The molecule has 0 spiro atoms. The van der Waals surface area contributed by atoms with Crippen LogP contribution < -0.4 is 15.6 Å². The Kier molecular flexibility index (Phi) is 6.44. The van der Waals surface area contributed by atoms with Crippen molar-refractivity contribution in [3.8, 4) is 5.75 Å². The second-order valence-corrected chi connectivity index (χ2v) is 6.29. The number of hydrogen-bond acceptors (Lipinski definition) is 5. The number of aromatic amines is 1.